The third kappa shape index (κ3) is 1.08. The first kappa shape index (κ1) is 8.12. The summed E-state index contributed by atoms with van der Waals surface area (Å²) in [7, 11) is -2.06. The summed E-state index contributed by atoms with van der Waals surface area (Å²) in [5.41, 5.74) is 0. The minimum absolute atomic E-state index is 0.477. The van der Waals surface area contributed by atoms with E-state index >= 15 is 0 Å². The molecule has 5 heteroatoms. The molecule has 4 nitrogen and oxygen atoms in total. The molecule has 1 N–H and O–H groups in total. The summed E-state index contributed by atoms with van der Waals surface area (Å²) in [5.74, 6) is 0. The highest BCUT2D eigenvalue weighted by Gasteiger charge is 2.33. The van der Waals surface area contributed by atoms with Crippen molar-refractivity contribution in [1.29, 1.82) is 0 Å². The first-order valence-corrected chi connectivity index (χ1v) is 5.33. The van der Waals surface area contributed by atoms with Crippen LogP contribution in [0.1, 0.15) is 0 Å². The Labute approximate surface area is 75.9 Å². The van der Waals surface area contributed by atoms with Crippen molar-refractivity contribution in [2.24, 2.45) is 0 Å². The number of allylic oxidation sites excluding steroid dienone is 2. The van der Waals surface area contributed by atoms with Crippen molar-refractivity contribution in [2.75, 3.05) is 0 Å². The molecule has 1 aliphatic rings. The van der Waals surface area contributed by atoms with Crippen LogP contribution in [0.2, 0.25) is 0 Å². The van der Waals surface area contributed by atoms with Gasteiger partial charge in [-0.25, -0.2) is 4.79 Å². The second-order valence-electron chi connectivity index (χ2n) is 2.47. The van der Waals surface area contributed by atoms with E-state index < -0.39 is 15.3 Å². The Morgan fingerprint density at radius 3 is 2.62 bits per heavy atom. The Morgan fingerprint density at radius 1 is 1.46 bits per heavy atom. The molecule has 13 heavy (non-hydrogen) atoms. The first-order valence-electron chi connectivity index (χ1n) is 3.57. The van der Waals surface area contributed by atoms with E-state index in [1.165, 1.54) is 6.26 Å². The lowest BCUT2D eigenvalue weighted by Gasteiger charge is -2.21. The predicted octanol–water partition coefficient (Wildman–Crippen LogP) is 2.56. The van der Waals surface area contributed by atoms with Crippen LogP contribution in [0.5, 0.6) is 0 Å². The van der Waals surface area contributed by atoms with Crippen LogP contribution in [-0.2, 0) is 0 Å². The molecule has 0 fully saturated rings. The van der Waals surface area contributed by atoms with Crippen molar-refractivity contribution in [3.63, 3.8) is 0 Å². The SMILES string of the molecule is O=C(O)S1(c2ccon2)C=CC=C1. The number of aromatic nitrogens is 1. The van der Waals surface area contributed by atoms with Gasteiger partial charge in [-0.2, -0.15) is 0 Å². The van der Waals surface area contributed by atoms with Crippen LogP contribution in [-0.4, -0.2) is 15.6 Å². The minimum Gasteiger partial charge on any atom is -0.473 e. The minimum atomic E-state index is -2.06. The average molecular weight is 197 g/mol. The molecule has 0 saturated heterocycles. The molecule has 0 saturated carbocycles. The second-order valence-corrected chi connectivity index (χ2v) is 5.20. The smallest absolute Gasteiger partial charge is 0.360 e. The highest BCUT2D eigenvalue weighted by Crippen LogP contribution is 2.60. The molecule has 1 aromatic heterocycles. The maximum absolute atomic E-state index is 11.1. The van der Waals surface area contributed by atoms with Gasteiger partial charge in [-0.05, 0) is 10.8 Å². The van der Waals surface area contributed by atoms with Crippen LogP contribution in [0.15, 0.2) is 44.8 Å². The van der Waals surface area contributed by atoms with E-state index in [0.717, 1.165) is 0 Å². The van der Waals surface area contributed by atoms with Gasteiger partial charge in [0.1, 0.15) is 11.3 Å². The van der Waals surface area contributed by atoms with Gasteiger partial charge < -0.3 is 9.63 Å². The number of rotatable bonds is 1. The Hall–Kier alpha value is -1.49. The van der Waals surface area contributed by atoms with Gasteiger partial charge in [0.25, 0.3) is 0 Å². The normalized spacial score (nSPS) is 20.3. The molecule has 0 unspecified atom stereocenters. The summed E-state index contributed by atoms with van der Waals surface area (Å²) in [5, 5.41) is 15.7. The summed E-state index contributed by atoms with van der Waals surface area (Å²) in [6.07, 6.45) is 4.82. The van der Waals surface area contributed by atoms with Crippen molar-refractivity contribution in [3.05, 3.63) is 35.3 Å². The highest BCUT2D eigenvalue weighted by atomic mass is 32.3. The molecule has 1 aromatic rings. The topological polar surface area (TPSA) is 63.3 Å². The summed E-state index contributed by atoms with van der Waals surface area (Å²) in [6.45, 7) is 0. The summed E-state index contributed by atoms with van der Waals surface area (Å²) >= 11 is 0. The van der Waals surface area contributed by atoms with Gasteiger partial charge in [-0.15, -0.1) is 0 Å². The lowest BCUT2D eigenvalue weighted by Crippen LogP contribution is -2.04. The molecule has 0 radical (unpaired) electrons. The van der Waals surface area contributed by atoms with Gasteiger partial charge >= 0.3 is 5.30 Å². The molecule has 0 aliphatic carbocycles. The fraction of sp³-hybridized carbons (Fsp3) is 0. The van der Waals surface area contributed by atoms with E-state index in [4.69, 9.17) is 5.11 Å². The summed E-state index contributed by atoms with van der Waals surface area (Å²) < 4.78 is 4.64. The Kier molecular flexibility index (Phi) is 1.73. The Balaban J connectivity index is 2.53. The van der Waals surface area contributed by atoms with Crippen molar-refractivity contribution in [2.45, 2.75) is 5.03 Å². The Morgan fingerprint density at radius 2 is 2.15 bits per heavy atom. The third-order valence-corrected chi connectivity index (χ3v) is 4.40. The maximum Gasteiger partial charge on any atom is 0.360 e. The highest BCUT2D eigenvalue weighted by molar-refractivity contribution is 8.49. The van der Waals surface area contributed by atoms with Crippen LogP contribution >= 0.6 is 10.0 Å². The van der Waals surface area contributed by atoms with E-state index in [2.05, 4.69) is 9.68 Å². The van der Waals surface area contributed by atoms with E-state index in [0.29, 0.717) is 5.03 Å². The molecule has 1 aliphatic heterocycles. The molecule has 0 amide bonds. The second kappa shape index (κ2) is 2.77. The lowest BCUT2D eigenvalue weighted by atomic mass is 10.6. The predicted molar refractivity (Wildman–Crippen MR) is 48.7 cm³/mol. The zero-order chi connectivity index (χ0) is 9.31. The van der Waals surface area contributed by atoms with E-state index in [1.807, 2.05) is 0 Å². The molecule has 0 atom stereocenters. The van der Waals surface area contributed by atoms with E-state index in [-0.39, 0.29) is 0 Å². The number of carbonyl (C=O) groups is 1. The van der Waals surface area contributed by atoms with Crippen LogP contribution in [0.25, 0.3) is 0 Å². The molecular formula is C8H7NO3S. The molecule has 0 spiro atoms. The standard InChI is InChI=1S/C8H7NO3S/c10-8(11)13(5-1-2-6-13)7-3-4-12-9-7/h1-6H,(H,10,11). The van der Waals surface area contributed by atoms with Crippen LogP contribution in [0, 0.1) is 0 Å². The van der Waals surface area contributed by atoms with Crippen LogP contribution < -0.4 is 0 Å². The van der Waals surface area contributed by atoms with Gasteiger partial charge in [-0.1, -0.05) is 27.3 Å². The first-order chi connectivity index (χ1) is 6.26. The monoisotopic (exact) mass is 197 g/mol. The summed E-state index contributed by atoms with van der Waals surface area (Å²) in [6, 6.07) is 1.59. The molecule has 2 heterocycles. The fourth-order valence-corrected chi connectivity index (χ4v) is 3.01. The molecule has 2 rings (SSSR count). The fourth-order valence-electron chi connectivity index (χ4n) is 1.10. The van der Waals surface area contributed by atoms with Gasteiger partial charge in [0.05, 0.1) is 0 Å². The molecule has 0 aromatic carbocycles. The third-order valence-electron chi connectivity index (χ3n) is 1.75. The molecule has 0 bridgehead atoms. The van der Waals surface area contributed by atoms with Crippen molar-refractivity contribution in [1.82, 2.24) is 5.16 Å². The number of hydrogen-bond acceptors (Lipinski definition) is 3. The van der Waals surface area contributed by atoms with Crippen molar-refractivity contribution < 1.29 is 14.4 Å². The Bertz CT molecular complexity index is 368. The van der Waals surface area contributed by atoms with Crippen LogP contribution in [0.3, 0.4) is 0 Å². The quantitative estimate of drug-likeness (QED) is 0.751. The largest absolute Gasteiger partial charge is 0.473 e. The van der Waals surface area contributed by atoms with Gasteiger partial charge in [0.2, 0.25) is 0 Å². The average Bonchev–Trinajstić information content (AvgIpc) is 2.75. The molecule has 68 valence electrons. The zero-order valence-electron chi connectivity index (χ0n) is 6.58. The van der Waals surface area contributed by atoms with Crippen molar-refractivity contribution >= 4 is 15.3 Å². The number of hydrogen-bond donors (Lipinski definition) is 1. The van der Waals surface area contributed by atoms with Gasteiger partial charge in [0, 0.05) is 6.07 Å². The van der Waals surface area contributed by atoms with Crippen LogP contribution in [0.4, 0.5) is 4.79 Å². The van der Waals surface area contributed by atoms with Crippen molar-refractivity contribution in [3.8, 4) is 0 Å². The van der Waals surface area contributed by atoms with E-state index in [9.17, 15) is 4.79 Å². The maximum atomic E-state index is 11.1. The van der Waals surface area contributed by atoms with Gasteiger partial charge in [0.15, 0.2) is 0 Å². The number of nitrogens with zero attached hydrogens (tertiary/aromatic N) is 1. The number of carboxylic acid groups (broad SMARTS) is 1. The van der Waals surface area contributed by atoms with E-state index in [1.54, 1.807) is 29.0 Å². The summed E-state index contributed by atoms with van der Waals surface area (Å²) in [4.78, 5) is 11.1. The zero-order valence-corrected chi connectivity index (χ0v) is 7.40. The lowest BCUT2D eigenvalue weighted by molar-refractivity contribution is 0.221. The molecular weight excluding hydrogens is 190 g/mol. The van der Waals surface area contributed by atoms with Gasteiger partial charge in [-0.3, -0.25) is 0 Å².